The average Bonchev–Trinajstić information content (AvgIpc) is 2.47. The molecule has 0 saturated carbocycles. The van der Waals surface area contributed by atoms with E-state index in [1.807, 2.05) is 49.7 Å². The Hall–Kier alpha value is -1.23. The maximum atomic E-state index is 12.3. The molecule has 5 heteroatoms. The van der Waals surface area contributed by atoms with Crippen molar-refractivity contribution in [1.82, 2.24) is 9.88 Å². The number of rotatable bonds is 4. The molecule has 1 atom stereocenters. The van der Waals surface area contributed by atoms with E-state index in [0.29, 0.717) is 0 Å². The molecule has 1 amide bonds. The molecule has 0 aliphatic carbocycles. The van der Waals surface area contributed by atoms with Crippen molar-refractivity contribution in [2.75, 3.05) is 12.3 Å². The van der Waals surface area contributed by atoms with Crippen LogP contribution in [0.4, 0.5) is 4.79 Å². The van der Waals surface area contributed by atoms with E-state index in [0.717, 1.165) is 30.9 Å². The van der Waals surface area contributed by atoms with Crippen LogP contribution in [-0.2, 0) is 10.5 Å². The number of thioether (sulfide) groups is 1. The molecule has 2 heterocycles. The minimum absolute atomic E-state index is 0.167. The number of amides is 1. The van der Waals surface area contributed by atoms with Crippen molar-refractivity contribution >= 4 is 17.9 Å². The van der Waals surface area contributed by atoms with Gasteiger partial charge in [0.1, 0.15) is 5.60 Å². The largest absolute Gasteiger partial charge is 0.444 e. The van der Waals surface area contributed by atoms with Crippen LogP contribution in [0.15, 0.2) is 24.5 Å². The average molecular weight is 322 g/mol. The summed E-state index contributed by atoms with van der Waals surface area (Å²) in [4.78, 5) is 18.4. The van der Waals surface area contributed by atoms with Gasteiger partial charge in [-0.1, -0.05) is 6.07 Å². The van der Waals surface area contributed by atoms with E-state index in [1.165, 1.54) is 12.0 Å². The molecule has 2 rings (SSSR count). The quantitative estimate of drug-likeness (QED) is 0.837. The summed E-state index contributed by atoms with van der Waals surface area (Å²) in [5.74, 6) is 1.89. The lowest BCUT2D eigenvalue weighted by Crippen LogP contribution is -2.47. The number of ether oxygens (including phenoxy) is 1. The van der Waals surface area contributed by atoms with Crippen LogP contribution in [0.5, 0.6) is 0 Å². The topological polar surface area (TPSA) is 42.4 Å². The minimum Gasteiger partial charge on any atom is -0.444 e. The van der Waals surface area contributed by atoms with Crippen LogP contribution < -0.4 is 0 Å². The smallest absolute Gasteiger partial charge is 0.410 e. The first-order valence-corrected chi connectivity index (χ1v) is 9.07. The number of hydrogen-bond donors (Lipinski definition) is 0. The maximum absolute atomic E-state index is 12.3. The molecule has 1 aliphatic heterocycles. The standard InChI is InChI=1S/C17H26N2O2S/c1-17(2,3)21-16(20)19-10-5-4-8-15(19)13-22-12-14-7-6-9-18-11-14/h6-7,9,11,15H,4-5,8,10,12-13H2,1-3H3/t15-/m1/s1. The van der Waals surface area contributed by atoms with Crippen molar-refractivity contribution in [2.24, 2.45) is 0 Å². The zero-order chi connectivity index (χ0) is 16.0. The van der Waals surface area contributed by atoms with Crippen LogP contribution in [-0.4, -0.2) is 39.9 Å². The molecule has 0 radical (unpaired) electrons. The lowest BCUT2D eigenvalue weighted by atomic mass is 10.0. The zero-order valence-electron chi connectivity index (χ0n) is 13.7. The number of nitrogens with zero attached hydrogens (tertiary/aromatic N) is 2. The van der Waals surface area contributed by atoms with E-state index in [9.17, 15) is 4.79 Å². The number of aromatic nitrogens is 1. The Morgan fingerprint density at radius 3 is 2.95 bits per heavy atom. The minimum atomic E-state index is -0.429. The van der Waals surface area contributed by atoms with E-state index in [-0.39, 0.29) is 12.1 Å². The van der Waals surface area contributed by atoms with Crippen LogP contribution in [0.2, 0.25) is 0 Å². The third-order valence-corrected chi connectivity index (χ3v) is 4.71. The number of carbonyl (C=O) groups is 1. The second kappa shape index (κ2) is 7.86. The van der Waals surface area contributed by atoms with Gasteiger partial charge in [0, 0.05) is 36.5 Å². The maximum Gasteiger partial charge on any atom is 0.410 e. The second-order valence-electron chi connectivity index (χ2n) is 6.70. The van der Waals surface area contributed by atoms with Crippen molar-refractivity contribution in [3.8, 4) is 0 Å². The molecule has 1 aliphatic rings. The van der Waals surface area contributed by atoms with Gasteiger partial charge in [-0.05, 0) is 51.7 Å². The first kappa shape index (κ1) is 17.1. The summed E-state index contributed by atoms with van der Waals surface area (Å²) in [6, 6.07) is 4.33. The van der Waals surface area contributed by atoms with Gasteiger partial charge in [-0.3, -0.25) is 4.98 Å². The van der Waals surface area contributed by atoms with E-state index in [1.54, 1.807) is 6.20 Å². The monoisotopic (exact) mass is 322 g/mol. The fourth-order valence-corrected chi connectivity index (χ4v) is 3.67. The van der Waals surface area contributed by atoms with Gasteiger partial charge in [0.2, 0.25) is 0 Å². The third kappa shape index (κ3) is 5.52. The molecule has 22 heavy (non-hydrogen) atoms. The SMILES string of the molecule is CC(C)(C)OC(=O)N1CCCC[C@@H]1CSCc1cccnc1. The number of carbonyl (C=O) groups excluding carboxylic acids is 1. The molecule has 1 aromatic heterocycles. The van der Waals surface area contributed by atoms with Crippen LogP contribution in [0, 0.1) is 0 Å². The molecule has 1 aromatic rings. The molecule has 0 bridgehead atoms. The van der Waals surface area contributed by atoms with E-state index in [4.69, 9.17) is 4.74 Å². The van der Waals surface area contributed by atoms with Crippen molar-refractivity contribution < 1.29 is 9.53 Å². The lowest BCUT2D eigenvalue weighted by molar-refractivity contribution is 0.0126. The van der Waals surface area contributed by atoms with Gasteiger partial charge in [0.05, 0.1) is 0 Å². The van der Waals surface area contributed by atoms with Gasteiger partial charge < -0.3 is 9.64 Å². The van der Waals surface area contributed by atoms with Gasteiger partial charge in [0.15, 0.2) is 0 Å². The Bertz CT molecular complexity index is 473. The van der Waals surface area contributed by atoms with Crippen LogP contribution >= 0.6 is 11.8 Å². The normalized spacial score (nSPS) is 19.0. The molecule has 1 saturated heterocycles. The summed E-state index contributed by atoms with van der Waals surface area (Å²) in [6.45, 7) is 6.57. The molecule has 0 spiro atoms. The Kier molecular flexibility index (Phi) is 6.12. The van der Waals surface area contributed by atoms with E-state index >= 15 is 0 Å². The Morgan fingerprint density at radius 1 is 1.45 bits per heavy atom. The predicted molar refractivity (Wildman–Crippen MR) is 91.0 cm³/mol. The number of hydrogen-bond acceptors (Lipinski definition) is 4. The molecular weight excluding hydrogens is 296 g/mol. The second-order valence-corrected chi connectivity index (χ2v) is 7.73. The highest BCUT2D eigenvalue weighted by molar-refractivity contribution is 7.98. The van der Waals surface area contributed by atoms with Crippen LogP contribution in [0.1, 0.15) is 45.6 Å². The molecular formula is C17H26N2O2S. The summed E-state index contributed by atoms with van der Waals surface area (Å²) < 4.78 is 5.54. The van der Waals surface area contributed by atoms with Crippen molar-refractivity contribution in [2.45, 2.75) is 57.4 Å². The highest BCUT2D eigenvalue weighted by Gasteiger charge is 2.30. The zero-order valence-corrected chi connectivity index (χ0v) is 14.6. The molecule has 0 unspecified atom stereocenters. The number of likely N-dealkylation sites (tertiary alicyclic amines) is 1. The van der Waals surface area contributed by atoms with E-state index in [2.05, 4.69) is 11.1 Å². The number of piperidine rings is 1. The van der Waals surface area contributed by atoms with E-state index < -0.39 is 5.60 Å². The van der Waals surface area contributed by atoms with Gasteiger partial charge >= 0.3 is 6.09 Å². The Balaban J connectivity index is 1.85. The summed E-state index contributed by atoms with van der Waals surface area (Å²) in [5.41, 5.74) is 0.800. The molecule has 0 aromatic carbocycles. The van der Waals surface area contributed by atoms with Gasteiger partial charge in [0.25, 0.3) is 0 Å². The van der Waals surface area contributed by atoms with Crippen LogP contribution in [0.3, 0.4) is 0 Å². The van der Waals surface area contributed by atoms with Gasteiger partial charge in [-0.25, -0.2) is 4.79 Å². The van der Waals surface area contributed by atoms with Crippen molar-refractivity contribution in [1.29, 1.82) is 0 Å². The highest BCUT2D eigenvalue weighted by atomic mass is 32.2. The third-order valence-electron chi connectivity index (χ3n) is 3.56. The molecule has 4 nitrogen and oxygen atoms in total. The first-order valence-electron chi connectivity index (χ1n) is 7.92. The van der Waals surface area contributed by atoms with Gasteiger partial charge in [-0.2, -0.15) is 11.8 Å². The summed E-state index contributed by atoms with van der Waals surface area (Å²) >= 11 is 1.86. The Morgan fingerprint density at radius 2 is 2.27 bits per heavy atom. The fraction of sp³-hybridized carbons (Fsp3) is 0.647. The van der Waals surface area contributed by atoms with Gasteiger partial charge in [-0.15, -0.1) is 0 Å². The van der Waals surface area contributed by atoms with Crippen molar-refractivity contribution in [3.63, 3.8) is 0 Å². The lowest BCUT2D eigenvalue weighted by Gasteiger charge is -2.36. The fourth-order valence-electron chi connectivity index (χ4n) is 2.53. The summed E-state index contributed by atoms with van der Waals surface area (Å²) in [7, 11) is 0. The molecule has 0 N–H and O–H groups in total. The predicted octanol–water partition coefficient (Wildman–Crippen LogP) is 4.10. The molecule has 1 fully saturated rings. The van der Waals surface area contributed by atoms with Crippen molar-refractivity contribution in [3.05, 3.63) is 30.1 Å². The van der Waals surface area contributed by atoms with Crippen LogP contribution in [0.25, 0.3) is 0 Å². The summed E-state index contributed by atoms with van der Waals surface area (Å²) in [6.07, 6.45) is 6.86. The Labute approximate surface area is 137 Å². The number of pyridine rings is 1. The first-order chi connectivity index (χ1) is 10.5. The highest BCUT2D eigenvalue weighted by Crippen LogP contribution is 2.24. The summed E-state index contributed by atoms with van der Waals surface area (Å²) in [5, 5.41) is 0. The molecule has 122 valence electrons.